The summed E-state index contributed by atoms with van der Waals surface area (Å²) in [6.07, 6.45) is 0. The predicted octanol–water partition coefficient (Wildman–Crippen LogP) is 2.65. The maximum atomic E-state index is 4.70. The van der Waals surface area contributed by atoms with Crippen molar-refractivity contribution in [1.29, 1.82) is 0 Å². The van der Waals surface area contributed by atoms with Crippen LogP contribution in [-0.4, -0.2) is 68.9 Å². The molecule has 3 heterocycles. The maximum Gasteiger partial charge on any atom is 0.178 e. The van der Waals surface area contributed by atoms with Gasteiger partial charge in [0, 0.05) is 51.2 Å². The highest BCUT2D eigenvalue weighted by atomic mass is 15.4. The SMILES string of the molecule is CC(C)(C)c1nnc2ccc(NCCN3CCN(Cc4ccccc4)CC3)nn12. The van der Waals surface area contributed by atoms with Crippen LogP contribution in [0.15, 0.2) is 42.5 Å². The molecule has 154 valence electrons. The van der Waals surface area contributed by atoms with Gasteiger partial charge in [0.2, 0.25) is 0 Å². The van der Waals surface area contributed by atoms with Crippen molar-refractivity contribution >= 4 is 11.5 Å². The summed E-state index contributed by atoms with van der Waals surface area (Å²) >= 11 is 0. The van der Waals surface area contributed by atoms with Crippen molar-refractivity contribution in [2.75, 3.05) is 44.6 Å². The van der Waals surface area contributed by atoms with E-state index >= 15 is 0 Å². The lowest BCUT2D eigenvalue weighted by Gasteiger charge is -2.34. The van der Waals surface area contributed by atoms with Crippen molar-refractivity contribution in [1.82, 2.24) is 29.6 Å². The van der Waals surface area contributed by atoms with Gasteiger partial charge in [-0.3, -0.25) is 9.80 Å². The molecule has 0 radical (unpaired) electrons. The van der Waals surface area contributed by atoms with Gasteiger partial charge in [-0.05, 0) is 17.7 Å². The second kappa shape index (κ2) is 8.47. The minimum Gasteiger partial charge on any atom is -0.367 e. The Morgan fingerprint density at radius 1 is 0.897 bits per heavy atom. The van der Waals surface area contributed by atoms with E-state index in [2.05, 4.69) is 76.4 Å². The minimum atomic E-state index is -0.0928. The molecular formula is C22H31N7. The molecule has 0 amide bonds. The Kier molecular flexibility index (Phi) is 5.78. The van der Waals surface area contributed by atoms with E-state index in [1.54, 1.807) is 0 Å². The number of hydrogen-bond acceptors (Lipinski definition) is 6. The number of benzene rings is 1. The summed E-state index contributed by atoms with van der Waals surface area (Å²) in [6.45, 7) is 13.8. The molecule has 1 saturated heterocycles. The van der Waals surface area contributed by atoms with E-state index < -0.39 is 0 Å². The lowest BCUT2D eigenvalue weighted by atomic mass is 9.96. The van der Waals surface area contributed by atoms with Gasteiger partial charge in [0.05, 0.1) is 0 Å². The highest BCUT2D eigenvalue weighted by Gasteiger charge is 2.22. The number of fused-ring (bicyclic) bond motifs is 1. The lowest BCUT2D eigenvalue weighted by Crippen LogP contribution is -2.47. The lowest BCUT2D eigenvalue weighted by molar-refractivity contribution is 0.130. The van der Waals surface area contributed by atoms with Crippen LogP contribution in [-0.2, 0) is 12.0 Å². The van der Waals surface area contributed by atoms with Gasteiger partial charge in [0.15, 0.2) is 11.5 Å². The molecule has 2 aromatic heterocycles. The summed E-state index contributed by atoms with van der Waals surface area (Å²) < 4.78 is 1.85. The fraction of sp³-hybridized carbons (Fsp3) is 0.500. The zero-order valence-corrected chi connectivity index (χ0v) is 17.7. The average molecular weight is 394 g/mol. The van der Waals surface area contributed by atoms with E-state index in [0.29, 0.717) is 0 Å². The fourth-order valence-electron chi connectivity index (χ4n) is 3.71. The molecule has 0 aliphatic carbocycles. The molecule has 7 nitrogen and oxygen atoms in total. The topological polar surface area (TPSA) is 61.6 Å². The molecule has 1 N–H and O–H groups in total. The van der Waals surface area contributed by atoms with Crippen LogP contribution in [0.3, 0.4) is 0 Å². The van der Waals surface area contributed by atoms with Crippen LogP contribution in [0.25, 0.3) is 5.65 Å². The summed E-state index contributed by atoms with van der Waals surface area (Å²) in [6, 6.07) is 14.7. The van der Waals surface area contributed by atoms with E-state index in [-0.39, 0.29) is 5.41 Å². The Bertz CT molecular complexity index is 921. The molecule has 1 aromatic carbocycles. The third-order valence-electron chi connectivity index (χ3n) is 5.38. The summed E-state index contributed by atoms with van der Waals surface area (Å²) in [7, 11) is 0. The largest absolute Gasteiger partial charge is 0.367 e. The van der Waals surface area contributed by atoms with Crippen molar-refractivity contribution < 1.29 is 0 Å². The van der Waals surface area contributed by atoms with Gasteiger partial charge in [-0.25, -0.2) is 0 Å². The Labute approximate surface area is 172 Å². The standard InChI is InChI=1S/C22H31N7/c1-22(2,3)21-25-24-20-10-9-19(26-29(20)21)23-11-12-27-13-15-28(16-14-27)17-18-7-5-4-6-8-18/h4-10H,11-17H2,1-3H3,(H,23,26). The van der Waals surface area contributed by atoms with Gasteiger partial charge in [0.1, 0.15) is 5.82 Å². The predicted molar refractivity (Wildman–Crippen MR) is 116 cm³/mol. The third-order valence-corrected chi connectivity index (χ3v) is 5.38. The number of anilines is 1. The van der Waals surface area contributed by atoms with E-state index in [1.807, 2.05) is 16.6 Å². The molecule has 0 saturated carbocycles. The van der Waals surface area contributed by atoms with Gasteiger partial charge in [0.25, 0.3) is 0 Å². The number of nitrogens with zero attached hydrogens (tertiary/aromatic N) is 6. The summed E-state index contributed by atoms with van der Waals surface area (Å²) in [5.74, 6) is 1.75. The van der Waals surface area contributed by atoms with Crippen LogP contribution in [0.2, 0.25) is 0 Å². The average Bonchev–Trinajstić information content (AvgIpc) is 3.14. The normalized spacial score (nSPS) is 16.4. The fourth-order valence-corrected chi connectivity index (χ4v) is 3.71. The molecule has 7 heteroatoms. The molecule has 3 aromatic rings. The molecule has 1 fully saturated rings. The van der Waals surface area contributed by atoms with Crippen molar-refractivity contribution in [2.45, 2.75) is 32.7 Å². The van der Waals surface area contributed by atoms with E-state index in [9.17, 15) is 0 Å². The number of hydrogen-bond donors (Lipinski definition) is 1. The molecule has 0 unspecified atom stereocenters. The second-order valence-electron chi connectivity index (χ2n) is 8.79. The van der Waals surface area contributed by atoms with Gasteiger partial charge in [-0.2, -0.15) is 4.52 Å². The van der Waals surface area contributed by atoms with Crippen LogP contribution in [0.1, 0.15) is 32.2 Å². The van der Waals surface area contributed by atoms with Gasteiger partial charge >= 0.3 is 0 Å². The number of rotatable bonds is 6. The highest BCUT2D eigenvalue weighted by molar-refractivity contribution is 5.44. The number of piperazine rings is 1. The molecule has 1 aliphatic heterocycles. The summed E-state index contributed by atoms with van der Waals surface area (Å²) in [5, 5.41) is 16.7. The highest BCUT2D eigenvalue weighted by Crippen LogP contribution is 2.20. The van der Waals surface area contributed by atoms with E-state index in [0.717, 1.165) is 63.1 Å². The first-order chi connectivity index (χ1) is 14.0. The third kappa shape index (κ3) is 4.92. The van der Waals surface area contributed by atoms with Crippen LogP contribution in [0.5, 0.6) is 0 Å². The zero-order chi connectivity index (χ0) is 20.3. The maximum absolute atomic E-state index is 4.70. The molecule has 0 bridgehead atoms. The number of nitrogens with one attached hydrogen (secondary N) is 1. The van der Waals surface area contributed by atoms with Crippen molar-refractivity contribution in [3.63, 3.8) is 0 Å². The van der Waals surface area contributed by atoms with Crippen LogP contribution >= 0.6 is 0 Å². The Morgan fingerprint density at radius 3 is 2.34 bits per heavy atom. The molecule has 29 heavy (non-hydrogen) atoms. The summed E-state index contributed by atoms with van der Waals surface area (Å²) in [5.41, 5.74) is 2.09. The first-order valence-corrected chi connectivity index (χ1v) is 10.4. The Hall–Kier alpha value is -2.51. The summed E-state index contributed by atoms with van der Waals surface area (Å²) in [4.78, 5) is 5.06. The molecule has 4 rings (SSSR count). The van der Waals surface area contributed by atoms with Crippen LogP contribution in [0, 0.1) is 0 Å². The van der Waals surface area contributed by atoms with Gasteiger partial charge < -0.3 is 5.32 Å². The van der Waals surface area contributed by atoms with Crippen molar-refractivity contribution in [2.24, 2.45) is 0 Å². The molecule has 0 atom stereocenters. The van der Waals surface area contributed by atoms with Crippen molar-refractivity contribution in [3.8, 4) is 0 Å². The minimum absolute atomic E-state index is 0.0928. The first kappa shape index (κ1) is 19.8. The monoisotopic (exact) mass is 393 g/mol. The quantitative estimate of drug-likeness (QED) is 0.695. The van der Waals surface area contributed by atoms with Crippen LogP contribution < -0.4 is 5.32 Å². The smallest absolute Gasteiger partial charge is 0.178 e. The zero-order valence-electron chi connectivity index (χ0n) is 17.7. The Balaban J connectivity index is 1.26. The second-order valence-corrected chi connectivity index (χ2v) is 8.79. The van der Waals surface area contributed by atoms with Crippen molar-refractivity contribution in [3.05, 3.63) is 53.9 Å². The van der Waals surface area contributed by atoms with E-state index in [1.165, 1.54) is 5.56 Å². The first-order valence-electron chi connectivity index (χ1n) is 10.4. The van der Waals surface area contributed by atoms with Gasteiger partial charge in [-0.15, -0.1) is 15.3 Å². The molecule has 1 aliphatic rings. The molecular weight excluding hydrogens is 362 g/mol. The van der Waals surface area contributed by atoms with Gasteiger partial charge in [-0.1, -0.05) is 51.1 Å². The Morgan fingerprint density at radius 2 is 1.62 bits per heavy atom. The molecule has 0 spiro atoms. The number of aromatic nitrogens is 4. The van der Waals surface area contributed by atoms with E-state index in [4.69, 9.17) is 5.10 Å². The van der Waals surface area contributed by atoms with Crippen LogP contribution in [0.4, 0.5) is 5.82 Å².